The lowest BCUT2D eigenvalue weighted by Crippen LogP contribution is -2.48. The van der Waals surface area contributed by atoms with Crippen LogP contribution in [0.25, 0.3) is 0 Å². The van der Waals surface area contributed by atoms with E-state index in [2.05, 4.69) is 31.0 Å². The van der Waals surface area contributed by atoms with E-state index in [1.165, 1.54) is 44.9 Å². The molecule has 1 saturated heterocycles. The third kappa shape index (κ3) is 4.20. The van der Waals surface area contributed by atoms with E-state index in [1.54, 1.807) is 0 Å². The first-order valence-corrected chi connectivity index (χ1v) is 8.02. The molecule has 3 nitrogen and oxygen atoms in total. The first kappa shape index (κ1) is 14.8. The monoisotopic (exact) mass is 266 g/mol. The van der Waals surface area contributed by atoms with Crippen LogP contribution < -0.4 is 5.32 Å². The maximum atomic E-state index is 12.3. The van der Waals surface area contributed by atoms with Crippen LogP contribution >= 0.6 is 0 Å². The zero-order valence-electron chi connectivity index (χ0n) is 12.9. The summed E-state index contributed by atoms with van der Waals surface area (Å²) in [4.78, 5) is 14.7. The van der Waals surface area contributed by atoms with Crippen molar-refractivity contribution in [2.45, 2.75) is 77.8 Å². The highest BCUT2D eigenvalue weighted by atomic mass is 16.2. The second-order valence-corrected chi connectivity index (χ2v) is 7.22. The smallest absolute Gasteiger partial charge is 0.237 e. The van der Waals surface area contributed by atoms with Crippen LogP contribution in [0.3, 0.4) is 0 Å². The predicted octanol–water partition coefficient (Wildman–Crippen LogP) is 2.95. The summed E-state index contributed by atoms with van der Waals surface area (Å²) in [6.07, 6.45) is 8.59. The molecule has 0 spiro atoms. The Balaban J connectivity index is 1.84. The Morgan fingerprint density at radius 2 is 1.84 bits per heavy atom. The van der Waals surface area contributed by atoms with Crippen molar-refractivity contribution < 1.29 is 4.79 Å². The molecule has 0 bridgehead atoms. The number of carbonyl (C=O) groups excluding carboxylic acids is 1. The molecule has 0 aromatic heterocycles. The summed E-state index contributed by atoms with van der Waals surface area (Å²) < 4.78 is 0. The van der Waals surface area contributed by atoms with Crippen molar-refractivity contribution in [3.63, 3.8) is 0 Å². The molecule has 1 saturated carbocycles. The van der Waals surface area contributed by atoms with Crippen LogP contribution in [-0.4, -0.2) is 36.0 Å². The average Bonchev–Trinajstić information content (AvgIpc) is 2.78. The largest absolute Gasteiger partial charge is 0.352 e. The van der Waals surface area contributed by atoms with E-state index in [0.29, 0.717) is 11.5 Å². The van der Waals surface area contributed by atoms with Gasteiger partial charge in [-0.25, -0.2) is 0 Å². The van der Waals surface area contributed by atoms with Crippen LogP contribution in [0.2, 0.25) is 0 Å². The summed E-state index contributed by atoms with van der Waals surface area (Å²) in [5.74, 6) is 0.242. The summed E-state index contributed by atoms with van der Waals surface area (Å²) in [5, 5.41) is 3.24. The molecular formula is C16H30N2O. The second-order valence-electron chi connectivity index (χ2n) is 7.22. The van der Waals surface area contributed by atoms with Crippen molar-refractivity contribution in [2.75, 3.05) is 13.1 Å². The van der Waals surface area contributed by atoms with Gasteiger partial charge in [0, 0.05) is 6.04 Å². The predicted molar refractivity (Wildman–Crippen MR) is 79.1 cm³/mol. The molecule has 1 aliphatic heterocycles. The molecule has 3 heteroatoms. The Morgan fingerprint density at radius 3 is 2.53 bits per heavy atom. The lowest BCUT2D eigenvalue weighted by Gasteiger charge is -2.28. The van der Waals surface area contributed by atoms with Gasteiger partial charge in [0.25, 0.3) is 0 Å². The van der Waals surface area contributed by atoms with Gasteiger partial charge in [-0.05, 0) is 57.5 Å². The van der Waals surface area contributed by atoms with Crippen molar-refractivity contribution in [2.24, 2.45) is 5.41 Å². The maximum Gasteiger partial charge on any atom is 0.237 e. The quantitative estimate of drug-likeness (QED) is 0.852. The maximum absolute atomic E-state index is 12.3. The number of nitrogens with zero attached hydrogens (tertiary/aromatic N) is 1. The van der Waals surface area contributed by atoms with Crippen molar-refractivity contribution in [3.05, 3.63) is 0 Å². The van der Waals surface area contributed by atoms with Gasteiger partial charge in [-0.3, -0.25) is 9.69 Å². The molecule has 110 valence electrons. The molecule has 2 aliphatic rings. The molecule has 2 fully saturated rings. The summed E-state index contributed by atoms with van der Waals surface area (Å²) in [5.41, 5.74) is 0.441. The molecule has 0 aromatic carbocycles. The van der Waals surface area contributed by atoms with Crippen molar-refractivity contribution >= 4 is 5.91 Å². The first-order chi connectivity index (χ1) is 8.98. The molecule has 1 atom stereocenters. The van der Waals surface area contributed by atoms with Crippen LogP contribution in [-0.2, 0) is 4.79 Å². The summed E-state index contributed by atoms with van der Waals surface area (Å²) >= 11 is 0. The van der Waals surface area contributed by atoms with E-state index in [1.807, 2.05) is 0 Å². The molecule has 2 rings (SSSR count). The van der Waals surface area contributed by atoms with Gasteiger partial charge in [-0.15, -0.1) is 0 Å². The van der Waals surface area contributed by atoms with Gasteiger partial charge in [-0.2, -0.15) is 0 Å². The van der Waals surface area contributed by atoms with E-state index in [9.17, 15) is 4.79 Å². The van der Waals surface area contributed by atoms with Gasteiger partial charge in [0.2, 0.25) is 5.91 Å². The normalized spacial score (nSPS) is 26.9. The van der Waals surface area contributed by atoms with Crippen LogP contribution in [0, 0.1) is 5.41 Å². The highest BCUT2D eigenvalue weighted by Crippen LogP contribution is 2.30. The van der Waals surface area contributed by atoms with Crippen molar-refractivity contribution in [1.82, 2.24) is 10.2 Å². The topological polar surface area (TPSA) is 32.3 Å². The molecule has 0 unspecified atom stereocenters. The van der Waals surface area contributed by atoms with Crippen molar-refractivity contribution in [3.8, 4) is 0 Å². The molecular weight excluding hydrogens is 236 g/mol. The fraction of sp³-hybridized carbons (Fsp3) is 0.938. The fourth-order valence-corrected chi connectivity index (χ4v) is 3.39. The highest BCUT2D eigenvalue weighted by molar-refractivity contribution is 5.81. The van der Waals surface area contributed by atoms with E-state index in [0.717, 1.165) is 13.1 Å². The Hall–Kier alpha value is -0.570. The second kappa shape index (κ2) is 6.25. The molecule has 0 aromatic rings. The van der Waals surface area contributed by atoms with Gasteiger partial charge in [-0.1, -0.05) is 26.7 Å². The molecule has 1 amide bonds. The average molecular weight is 266 g/mol. The minimum atomic E-state index is 0.0366. The lowest BCUT2D eigenvalue weighted by atomic mass is 9.85. The standard InChI is InChI=1S/C16H30N2O/c1-13(15(19)17-14-7-4-5-8-14)18-11-6-9-16(2,3)10-12-18/h13-14H,4-12H2,1-3H3,(H,17,19)/t13-/m1/s1. The third-order valence-corrected chi connectivity index (χ3v) is 5.00. The summed E-state index contributed by atoms with van der Waals surface area (Å²) in [6.45, 7) is 8.90. The highest BCUT2D eigenvalue weighted by Gasteiger charge is 2.29. The fourth-order valence-electron chi connectivity index (χ4n) is 3.39. The number of amides is 1. The van der Waals surface area contributed by atoms with Crippen LogP contribution in [0.1, 0.15) is 65.7 Å². The number of hydrogen-bond acceptors (Lipinski definition) is 2. The van der Waals surface area contributed by atoms with Crippen LogP contribution in [0.4, 0.5) is 0 Å². The molecule has 1 heterocycles. The van der Waals surface area contributed by atoms with Gasteiger partial charge < -0.3 is 5.32 Å². The van der Waals surface area contributed by atoms with Gasteiger partial charge in [0.05, 0.1) is 6.04 Å². The lowest BCUT2D eigenvalue weighted by molar-refractivity contribution is -0.126. The minimum Gasteiger partial charge on any atom is -0.352 e. The zero-order chi connectivity index (χ0) is 13.9. The Bertz CT molecular complexity index is 308. The Kier molecular flexibility index (Phi) is 4.88. The van der Waals surface area contributed by atoms with E-state index >= 15 is 0 Å². The number of likely N-dealkylation sites (tertiary alicyclic amines) is 1. The molecule has 1 N–H and O–H groups in total. The number of carbonyl (C=O) groups is 1. The number of hydrogen-bond donors (Lipinski definition) is 1. The number of rotatable bonds is 3. The summed E-state index contributed by atoms with van der Waals surface area (Å²) in [7, 11) is 0. The van der Waals surface area contributed by atoms with E-state index < -0.39 is 0 Å². The minimum absolute atomic E-state index is 0.0366. The van der Waals surface area contributed by atoms with Gasteiger partial charge >= 0.3 is 0 Å². The Labute approximate surface area is 118 Å². The SMILES string of the molecule is C[C@H](C(=O)NC1CCCC1)N1CCCC(C)(C)CC1. The van der Waals surface area contributed by atoms with E-state index in [4.69, 9.17) is 0 Å². The molecule has 0 radical (unpaired) electrons. The van der Waals surface area contributed by atoms with E-state index in [-0.39, 0.29) is 11.9 Å². The van der Waals surface area contributed by atoms with Crippen LogP contribution in [0.15, 0.2) is 0 Å². The molecule has 19 heavy (non-hydrogen) atoms. The van der Waals surface area contributed by atoms with Gasteiger partial charge in [0.15, 0.2) is 0 Å². The summed E-state index contributed by atoms with van der Waals surface area (Å²) in [6, 6.07) is 0.480. The first-order valence-electron chi connectivity index (χ1n) is 8.02. The molecule has 1 aliphatic carbocycles. The third-order valence-electron chi connectivity index (χ3n) is 5.00. The van der Waals surface area contributed by atoms with Crippen molar-refractivity contribution in [1.29, 1.82) is 0 Å². The Morgan fingerprint density at radius 1 is 1.16 bits per heavy atom. The van der Waals surface area contributed by atoms with Gasteiger partial charge in [0.1, 0.15) is 0 Å². The number of nitrogens with one attached hydrogen (secondary N) is 1. The van der Waals surface area contributed by atoms with Crippen LogP contribution in [0.5, 0.6) is 0 Å². The zero-order valence-corrected chi connectivity index (χ0v) is 12.9.